The molecule has 0 atom stereocenters. The minimum Gasteiger partial charge on any atom is -0.310 e. The average Bonchev–Trinajstić information content (AvgIpc) is 3.65. The molecule has 0 radical (unpaired) electrons. The summed E-state index contributed by atoms with van der Waals surface area (Å²) in [7, 11) is 0. The first kappa shape index (κ1) is 25.8. The number of thiophene rings is 1. The van der Waals surface area contributed by atoms with Gasteiger partial charge in [0.1, 0.15) is 0 Å². The van der Waals surface area contributed by atoms with Crippen LogP contribution in [0.2, 0.25) is 0 Å². The molecule has 2 nitrogen and oxygen atoms in total. The van der Waals surface area contributed by atoms with Crippen LogP contribution in [-0.4, -0.2) is 4.57 Å². The zero-order valence-electron chi connectivity index (χ0n) is 24.5. The fourth-order valence-corrected chi connectivity index (χ4v) is 7.85. The Labute approximate surface area is 265 Å². The van der Waals surface area contributed by atoms with Crippen molar-refractivity contribution in [2.24, 2.45) is 0 Å². The molecular weight excluding hydrogens is 565 g/mol. The molecule has 0 amide bonds. The molecule has 0 N–H and O–H groups in total. The highest BCUT2D eigenvalue weighted by atomic mass is 32.1. The second-order valence-electron chi connectivity index (χ2n) is 11.4. The molecule has 0 unspecified atom stereocenters. The van der Waals surface area contributed by atoms with Crippen molar-refractivity contribution >= 4 is 70.4 Å². The van der Waals surface area contributed by atoms with E-state index in [4.69, 9.17) is 0 Å². The summed E-state index contributed by atoms with van der Waals surface area (Å²) >= 11 is 1.87. The SMILES string of the molecule is c1ccc(-c2ccc(N(c3ccccc3)c3ccc4c(c3)c3ccc5sc6ccccc6c5c3n4-c3ccccc3)cc2)cc1. The number of aromatic nitrogens is 1. The monoisotopic (exact) mass is 592 g/mol. The number of nitrogens with zero attached hydrogens (tertiary/aromatic N) is 2. The van der Waals surface area contributed by atoms with E-state index in [1.807, 2.05) is 11.3 Å². The van der Waals surface area contributed by atoms with Crippen molar-refractivity contribution in [3.8, 4) is 16.8 Å². The largest absolute Gasteiger partial charge is 0.310 e. The van der Waals surface area contributed by atoms with Crippen molar-refractivity contribution in [2.45, 2.75) is 0 Å². The van der Waals surface area contributed by atoms with E-state index < -0.39 is 0 Å². The predicted molar refractivity (Wildman–Crippen MR) is 194 cm³/mol. The maximum Gasteiger partial charge on any atom is 0.0634 e. The van der Waals surface area contributed by atoms with Crippen LogP contribution in [0.25, 0.3) is 58.8 Å². The van der Waals surface area contributed by atoms with Crippen LogP contribution >= 0.6 is 11.3 Å². The summed E-state index contributed by atoms with van der Waals surface area (Å²) in [6, 6.07) is 61.3. The lowest BCUT2D eigenvalue weighted by Crippen LogP contribution is -2.09. The molecule has 9 rings (SSSR count). The third-order valence-electron chi connectivity index (χ3n) is 8.77. The highest BCUT2D eigenvalue weighted by Crippen LogP contribution is 2.45. The van der Waals surface area contributed by atoms with Gasteiger partial charge in [0.15, 0.2) is 0 Å². The molecule has 212 valence electrons. The number of fused-ring (bicyclic) bond motifs is 7. The molecule has 2 heterocycles. The minimum atomic E-state index is 1.12. The highest BCUT2D eigenvalue weighted by molar-refractivity contribution is 7.26. The molecule has 0 saturated heterocycles. The fourth-order valence-electron chi connectivity index (χ4n) is 6.75. The molecular formula is C42H28N2S. The van der Waals surface area contributed by atoms with Gasteiger partial charge in [-0.1, -0.05) is 103 Å². The van der Waals surface area contributed by atoms with Gasteiger partial charge >= 0.3 is 0 Å². The van der Waals surface area contributed by atoms with E-state index in [0.29, 0.717) is 0 Å². The normalized spacial score (nSPS) is 11.6. The van der Waals surface area contributed by atoms with E-state index in [0.717, 1.165) is 17.1 Å². The standard InChI is InChI=1S/C42H28N2S/c1-4-12-29(13-5-1)30-20-22-33(23-21-30)43(31-14-6-2-7-15-31)34-24-26-38-37(28-34)35-25-27-40-41(36-18-10-11-19-39(36)45-40)42(35)44(38)32-16-8-3-9-17-32/h1-28H. The summed E-state index contributed by atoms with van der Waals surface area (Å²) in [5, 5.41) is 5.14. The van der Waals surface area contributed by atoms with Crippen molar-refractivity contribution in [1.82, 2.24) is 4.57 Å². The number of hydrogen-bond donors (Lipinski definition) is 0. The zero-order chi connectivity index (χ0) is 29.7. The second kappa shape index (κ2) is 10.5. The molecule has 45 heavy (non-hydrogen) atoms. The van der Waals surface area contributed by atoms with Gasteiger partial charge in [-0.05, 0) is 77.9 Å². The van der Waals surface area contributed by atoms with Crippen LogP contribution in [0.5, 0.6) is 0 Å². The van der Waals surface area contributed by atoms with Crippen LogP contribution in [0.4, 0.5) is 17.1 Å². The Morgan fingerprint density at radius 1 is 0.422 bits per heavy atom. The number of hydrogen-bond acceptors (Lipinski definition) is 2. The van der Waals surface area contributed by atoms with Crippen molar-refractivity contribution in [1.29, 1.82) is 0 Å². The Balaban J connectivity index is 1.30. The Hall–Kier alpha value is -5.64. The first-order valence-electron chi connectivity index (χ1n) is 15.3. The number of anilines is 3. The summed E-state index contributed by atoms with van der Waals surface area (Å²) < 4.78 is 5.09. The maximum atomic E-state index is 2.46. The van der Waals surface area contributed by atoms with Gasteiger partial charge in [0.25, 0.3) is 0 Å². The van der Waals surface area contributed by atoms with Gasteiger partial charge in [0, 0.05) is 53.7 Å². The Morgan fingerprint density at radius 3 is 1.82 bits per heavy atom. The summed E-state index contributed by atoms with van der Waals surface area (Å²) in [6.45, 7) is 0. The van der Waals surface area contributed by atoms with Gasteiger partial charge in [0.05, 0.1) is 11.0 Å². The van der Waals surface area contributed by atoms with Crippen molar-refractivity contribution in [2.75, 3.05) is 4.90 Å². The van der Waals surface area contributed by atoms with Crippen molar-refractivity contribution in [3.63, 3.8) is 0 Å². The Kier molecular flexibility index (Phi) is 6.03. The smallest absolute Gasteiger partial charge is 0.0634 e. The third-order valence-corrected chi connectivity index (χ3v) is 9.91. The van der Waals surface area contributed by atoms with E-state index >= 15 is 0 Å². The summed E-state index contributed by atoms with van der Waals surface area (Å²) in [6.07, 6.45) is 0. The molecule has 2 aromatic heterocycles. The number of rotatable bonds is 5. The van der Waals surface area contributed by atoms with Crippen LogP contribution in [0, 0.1) is 0 Å². The van der Waals surface area contributed by atoms with Gasteiger partial charge in [-0.3, -0.25) is 0 Å². The molecule has 0 aliphatic carbocycles. The molecule has 9 aromatic rings. The highest BCUT2D eigenvalue weighted by Gasteiger charge is 2.20. The first-order valence-corrected chi connectivity index (χ1v) is 16.1. The lowest BCUT2D eigenvalue weighted by atomic mass is 10.0. The quantitative estimate of drug-likeness (QED) is 0.193. The number of benzene rings is 7. The molecule has 0 aliphatic heterocycles. The first-order chi connectivity index (χ1) is 22.3. The fraction of sp³-hybridized carbons (Fsp3) is 0. The predicted octanol–water partition coefficient (Wildman–Crippen LogP) is 12.3. The van der Waals surface area contributed by atoms with Gasteiger partial charge < -0.3 is 9.47 Å². The lowest BCUT2D eigenvalue weighted by molar-refractivity contribution is 1.19. The van der Waals surface area contributed by atoms with Crippen molar-refractivity contribution < 1.29 is 0 Å². The van der Waals surface area contributed by atoms with E-state index in [1.54, 1.807) is 0 Å². The summed E-state index contributed by atoms with van der Waals surface area (Å²) in [4.78, 5) is 2.36. The number of para-hydroxylation sites is 2. The van der Waals surface area contributed by atoms with E-state index in [-0.39, 0.29) is 0 Å². The zero-order valence-corrected chi connectivity index (χ0v) is 25.3. The Bertz CT molecular complexity index is 2460. The average molecular weight is 593 g/mol. The van der Waals surface area contributed by atoms with Crippen LogP contribution in [0.3, 0.4) is 0 Å². The van der Waals surface area contributed by atoms with Gasteiger partial charge in [-0.25, -0.2) is 0 Å². The van der Waals surface area contributed by atoms with Crippen LogP contribution < -0.4 is 4.90 Å². The molecule has 0 spiro atoms. The van der Waals surface area contributed by atoms with Gasteiger partial charge in [-0.2, -0.15) is 0 Å². The summed E-state index contributed by atoms with van der Waals surface area (Å²) in [5.41, 5.74) is 9.45. The molecule has 0 saturated carbocycles. The second-order valence-corrected chi connectivity index (χ2v) is 12.5. The maximum absolute atomic E-state index is 2.46. The molecule has 3 heteroatoms. The third kappa shape index (κ3) is 4.24. The van der Waals surface area contributed by atoms with Crippen LogP contribution in [0.15, 0.2) is 170 Å². The molecule has 7 aromatic carbocycles. The minimum absolute atomic E-state index is 1.12. The van der Waals surface area contributed by atoms with E-state index in [2.05, 4.69) is 179 Å². The molecule has 0 aliphatic rings. The van der Waals surface area contributed by atoms with Gasteiger partial charge in [0.2, 0.25) is 0 Å². The van der Waals surface area contributed by atoms with E-state index in [9.17, 15) is 0 Å². The topological polar surface area (TPSA) is 8.17 Å². The van der Waals surface area contributed by atoms with Crippen molar-refractivity contribution in [3.05, 3.63) is 170 Å². The summed E-state index contributed by atoms with van der Waals surface area (Å²) in [5.74, 6) is 0. The van der Waals surface area contributed by atoms with Gasteiger partial charge in [-0.15, -0.1) is 11.3 Å². The Morgan fingerprint density at radius 2 is 1.04 bits per heavy atom. The molecule has 0 bridgehead atoms. The van der Waals surface area contributed by atoms with Crippen LogP contribution in [0.1, 0.15) is 0 Å². The van der Waals surface area contributed by atoms with E-state index in [1.165, 1.54) is 58.8 Å². The molecule has 0 fully saturated rings. The lowest BCUT2D eigenvalue weighted by Gasteiger charge is -2.26. The van der Waals surface area contributed by atoms with Crippen LogP contribution in [-0.2, 0) is 0 Å².